The predicted octanol–water partition coefficient (Wildman–Crippen LogP) is 1.99. The van der Waals surface area contributed by atoms with Gasteiger partial charge in [-0.3, -0.25) is 4.79 Å². The fourth-order valence-corrected chi connectivity index (χ4v) is 2.12. The number of benzene rings is 1. The summed E-state index contributed by atoms with van der Waals surface area (Å²) in [4.78, 5) is 11.0. The van der Waals surface area contributed by atoms with Gasteiger partial charge in [0.05, 0.1) is 0 Å². The van der Waals surface area contributed by atoms with E-state index in [1.807, 2.05) is 6.07 Å². The van der Waals surface area contributed by atoms with Crippen molar-refractivity contribution in [2.45, 2.75) is 32.2 Å². The summed E-state index contributed by atoms with van der Waals surface area (Å²) in [6.07, 6.45) is 2.99. The molecule has 0 aromatic heterocycles. The number of aliphatic carboxylic acids is 1. The molecule has 17 heavy (non-hydrogen) atoms. The smallest absolute Gasteiger partial charge is 0.320 e. The van der Waals surface area contributed by atoms with Crippen LogP contribution in [0.15, 0.2) is 24.3 Å². The molecule has 2 rings (SSSR count). The van der Waals surface area contributed by atoms with Crippen molar-refractivity contribution in [2.75, 3.05) is 6.54 Å². The fourth-order valence-electron chi connectivity index (χ4n) is 2.12. The monoisotopic (exact) mass is 233 g/mol. The van der Waals surface area contributed by atoms with E-state index in [2.05, 4.69) is 30.4 Å². The molecule has 0 amide bonds. The van der Waals surface area contributed by atoms with Crippen LogP contribution in [0.5, 0.6) is 0 Å². The summed E-state index contributed by atoms with van der Waals surface area (Å²) in [5.74, 6) is -0.359. The minimum Gasteiger partial charge on any atom is -0.480 e. The molecule has 92 valence electrons. The SMILES string of the molecule is Cc1cccc(CCNC(C(=O)O)C2CC2)c1. The lowest BCUT2D eigenvalue weighted by Crippen LogP contribution is -2.39. The van der Waals surface area contributed by atoms with Crippen LogP contribution in [0, 0.1) is 12.8 Å². The van der Waals surface area contributed by atoms with E-state index < -0.39 is 5.97 Å². The third kappa shape index (κ3) is 3.56. The average molecular weight is 233 g/mol. The van der Waals surface area contributed by atoms with Gasteiger partial charge in [-0.05, 0) is 44.2 Å². The van der Waals surface area contributed by atoms with E-state index >= 15 is 0 Å². The van der Waals surface area contributed by atoms with Crippen molar-refractivity contribution < 1.29 is 9.90 Å². The normalized spacial score (nSPS) is 16.8. The molecule has 1 aromatic carbocycles. The summed E-state index contributed by atoms with van der Waals surface area (Å²) < 4.78 is 0. The van der Waals surface area contributed by atoms with Crippen LogP contribution >= 0.6 is 0 Å². The van der Waals surface area contributed by atoms with Gasteiger partial charge in [0.15, 0.2) is 0 Å². The van der Waals surface area contributed by atoms with Crippen molar-refractivity contribution >= 4 is 5.97 Å². The Bertz CT molecular complexity index is 399. The summed E-state index contributed by atoms with van der Waals surface area (Å²) in [5.41, 5.74) is 2.51. The van der Waals surface area contributed by atoms with Crippen LogP contribution < -0.4 is 5.32 Å². The Kier molecular flexibility index (Phi) is 3.79. The first-order valence-corrected chi connectivity index (χ1v) is 6.18. The van der Waals surface area contributed by atoms with Gasteiger partial charge in [0, 0.05) is 0 Å². The summed E-state index contributed by atoms with van der Waals surface area (Å²) >= 11 is 0. The number of nitrogens with one attached hydrogen (secondary N) is 1. The minimum absolute atomic E-state index is 0.347. The molecule has 0 spiro atoms. The quantitative estimate of drug-likeness (QED) is 0.790. The van der Waals surface area contributed by atoms with E-state index in [4.69, 9.17) is 5.11 Å². The van der Waals surface area contributed by atoms with E-state index in [0.717, 1.165) is 25.8 Å². The third-order valence-corrected chi connectivity index (χ3v) is 3.22. The molecule has 0 aliphatic heterocycles. The zero-order valence-corrected chi connectivity index (χ0v) is 10.1. The second kappa shape index (κ2) is 5.32. The summed E-state index contributed by atoms with van der Waals surface area (Å²) in [5, 5.41) is 12.2. The van der Waals surface area contributed by atoms with Crippen LogP contribution in [-0.4, -0.2) is 23.7 Å². The number of carbonyl (C=O) groups is 1. The molecule has 3 heteroatoms. The number of carboxylic acids is 1. The van der Waals surface area contributed by atoms with E-state index in [9.17, 15) is 4.79 Å². The zero-order chi connectivity index (χ0) is 12.3. The van der Waals surface area contributed by atoms with Gasteiger partial charge in [-0.15, -0.1) is 0 Å². The first-order chi connectivity index (χ1) is 8.16. The number of rotatable bonds is 6. The Hall–Kier alpha value is -1.35. The van der Waals surface area contributed by atoms with E-state index in [1.54, 1.807) is 0 Å². The molecule has 0 heterocycles. The molecule has 1 atom stereocenters. The lowest BCUT2D eigenvalue weighted by molar-refractivity contribution is -0.140. The van der Waals surface area contributed by atoms with E-state index in [0.29, 0.717) is 5.92 Å². The highest BCUT2D eigenvalue weighted by molar-refractivity contribution is 5.74. The van der Waals surface area contributed by atoms with Crippen LogP contribution in [-0.2, 0) is 11.2 Å². The number of hydrogen-bond donors (Lipinski definition) is 2. The Balaban J connectivity index is 1.80. The van der Waals surface area contributed by atoms with Crippen molar-refractivity contribution in [3.05, 3.63) is 35.4 Å². The lowest BCUT2D eigenvalue weighted by atomic mass is 10.1. The van der Waals surface area contributed by atoms with Gasteiger partial charge in [0.2, 0.25) is 0 Å². The maximum Gasteiger partial charge on any atom is 0.320 e. The second-order valence-electron chi connectivity index (χ2n) is 4.85. The van der Waals surface area contributed by atoms with E-state index in [-0.39, 0.29) is 6.04 Å². The van der Waals surface area contributed by atoms with Gasteiger partial charge in [-0.1, -0.05) is 29.8 Å². The van der Waals surface area contributed by atoms with Crippen LogP contribution in [0.1, 0.15) is 24.0 Å². The highest BCUT2D eigenvalue weighted by atomic mass is 16.4. The molecule has 1 unspecified atom stereocenters. The molecule has 1 aliphatic carbocycles. The number of aryl methyl sites for hydroxylation is 1. The molecule has 0 radical (unpaired) electrons. The van der Waals surface area contributed by atoms with Gasteiger partial charge in [0.1, 0.15) is 6.04 Å². The van der Waals surface area contributed by atoms with Crippen molar-refractivity contribution in [1.29, 1.82) is 0 Å². The summed E-state index contributed by atoms with van der Waals surface area (Å²) in [6, 6.07) is 8.00. The second-order valence-corrected chi connectivity index (χ2v) is 4.85. The topological polar surface area (TPSA) is 49.3 Å². The van der Waals surface area contributed by atoms with Gasteiger partial charge in [0.25, 0.3) is 0 Å². The highest BCUT2D eigenvalue weighted by Crippen LogP contribution is 2.32. The summed E-state index contributed by atoms with van der Waals surface area (Å²) in [6.45, 7) is 2.80. The third-order valence-electron chi connectivity index (χ3n) is 3.22. The van der Waals surface area contributed by atoms with Gasteiger partial charge >= 0.3 is 5.97 Å². The molecular formula is C14H19NO2. The van der Waals surface area contributed by atoms with Gasteiger partial charge in [-0.25, -0.2) is 0 Å². The number of carboxylic acid groups (broad SMARTS) is 1. The molecule has 1 fully saturated rings. The molecule has 3 nitrogen and oxygen atoms in total. The van der Waals surface area contributed by atoms with Crippen molar-refractivity contribution in [3.8, 4) is 0 Å². The maximum absolute atomic E-state index is 11.0. The first-order valence-electron chi connectivity index (χ1n) is 6.18. The Morgan fingerprint density at radius 1 is 1.53 bits per heavy atom. The molecular weight excluding hydrogens is 214 g/mol. The van der Waals surface area contributed by atoms with Crippen molar-refractivity contribution in [3.63, 3.8) is 0 Å². The van der Waals surface area contributed by atoms with Crippen LogP contribution in [0.4, 0.5) is 0 Å². The first kappa shape index (κ1) is 12.1. The van der Waals surface area contributed by atoms with E-state index in [1.165, 1.54) is 11.1 Å². The Morgan fingerprint density at radius 3 is 2.88 bits per heavy atom. The molecule has 1 saturated carbocycles. The molecule has 0 bridgehead atoms. The van der Waals surface area contributed by atoms with Crippen LogP contribution in [0.3, 0.4) is 0 Å². The molecule has 1 aliphatic rings. The zero-order valence-electron chi connectivity index (χ0n) is 10.1. The lowest BCUT2D eigenvalue weighted by Gasteiger charge is -2.13. The number of hydrogen-bond acceptors (Lipinski definition) is 2. The molecule has 0 saturated heterocycles. The minimum atomic E-state index is -0.711. The molecule has 1 aromatic rings. The Labute approximate surface area is 102 Å². The maximum atomic E-state index is 11.0. The average Bonchev–Trinajstić information content (AvgIpc) is 3.08. The van der Waals surface area contributed by atoms with Crippen LogP contribution in [0.2, 0.25) is 0 Å². The summed E-state index contributed by atoms with van der Waals surface area (Å²) in [7, 11) is 0. The van der Waals surface area contributed by atoms with Crippen molar-refractivity contribution in [2.24, 2.45) is 5.92 Å². The predicted molar refractivity (Wildman–Crippen MR) is 67.0 cm³/mol. The molecule has 2 N–H and O–H groups in total. The standard InChI is InChI=1S/C14H19NO2/c1-10-3-2-4-11(9-10)7-8-15-13(14(16)17)12-5-6-12/h2-4,9,12-13,15H,5-8H2,1H3,(H,16,17). The Morgan fingerprint density at radius 2 is 2.29 bits per heavy atom. The fraction of sp³-hybridized carbons (Fsp3) is 0.500. The van der Waals surface area contributed by atoms with Crippen molar-refractivity contribution in [1.82, 2.24) is 5.32 Å². The van der Waals surface area contributed by atoms with Gasteiger partial charge < -0.3 is 10.4 Å². The largest absolute Gasteiger partial charge is 0.480 e. The highest BCUT2D eigenvalue weighted by Gasteiger charge is 2.35. The van der Waals surface area contributed by atoms with Crippen LogP contribution in [0.25, 0.3) is 0 Å². The van der Waals surface area contributed by atoms with Gasteiger partial charge in [-0.2, -0.15) is 0 Å².